The lowest BCUT2D eigenvalue weighted by atomic mass is 10.2. The molecule has 0 bridgehead atoms. The van der Waals surface area contributed by atoms with Crippen LogP contribution in [0.3, 0.4) is 0 Å². The number of hydrogen-bond acceptors (Lipinski definition) is 5. The van der Waals surface area contributed by atoms with Crippen LogP contribution in [0.25, 0.3) is 10.9 Å². The summed E-state index contributed by atoms with van der Waals surface area (Å²) in [6.07, 6.45) is -3.25. The average Bonchev–Trinajstić information content (AvgIpc) is 2.95. The second kappa shape index (κ2) is 7.40. The largest absolute Gasteiger partial charge is 0.481 e. The summed E-state index contributed by atoms with van der Waals surface area (Å²) >= 11 is 6.94. The Morgan fingerprint density at radius 3 is 2.88 bits per heavy atom. The lowest BCUT2D eigenvalue weighted by Gasteiger charge is -2.11. The molecular weight excluding hydrogens is 377 g/mol. The molecule has 2 N–H and O–H groups in total. The van der Waals surface area contributed by atoms with Crippen molar-refractivity contribution in [2.45, 2.75) is 17.9 Å². The van der Waals surface area contributed by atoms with E-state index in [4.69, 9.17) is 16.3 Å². The highest BCUT2D eigenvalue weighted by molar-refractivity contribution is 8.00. The van der Waals surface area contributed by atoms with E-state index in [2.05, 4.69) is 19.9 Å². The van der Waals surface area contributed by atoms with Crippen LogP contribution in [-0.4, -0.2) is 28.7 Å². The molecule has 5 nitrogen and oxygen atoms in total. The first-order valence-electron chi connectivity index (χ1n) is 7.06. The van der Waals surface area contributed by atoms with Crippen molar-refractivity contribution in [2.24, 2.45) is 0 Å². The number of fused-ring (bicyclic) bond motifs is 1. The van der Waals surface area contributed by atoms with E-state index in [9.17, 15) is 13.2 Å². The van der Waals surface area contributed by atoms with Gasteiger partial charge in [0.2, 0.25) is 12.3 Å². The predicted molar refractivity (Wildman–Crippen MR) is 91.0 cm³/mol. The van der Waals surface area contributed by atoms with Crippen LogP contribution in [0.15, 0.2) is 29.3 Å². The van der Waals surface area contributed by atoms with Crippen molar-refractivity contribution in [3.63, 3.8) is 0 Å². The van der Waals surface area contributed by atoms with Crippen LogP contribution in [0.5, 0.6) is 5.88 Å². The van der Waals surface area contributed by atoms with Crippen LogP contribution in [0, 0.1) is 5.82 Å². The fourth-order valence-electron chi connectivity index (χ4n) is 2.21. The molecule has 2 heterocycles. The van der Waals surface area contributed by atoms with E-state index >= 15 is 0 Å². The van der Waals surface area contributed by atoms with E-state index in [0.717, 1.165) is 28.9 Å². The Morgan fingerprint density at radius 1 is 1.36 bits per heavy atom. The third-order valence-electron chi connectivity index (χ3n) is 3.32. The van der Waals surface area contributed by atoms with E-state index in [0.29, 0.717) is 10.0 Å². The molecule has 0 aliphatic heterocycles. The number of ether oxygens (including phenoxy) is 1. The number of hydrogen-bond donors (Lipinski definition) is 2. The normalized spacial score (nSPS) is 11.3. The molecule has 0 saturated heterocycles. The van der Waals surface area contributed by atoms with Gasteiger partial charge in [-0.3, -0.25) is 5.10 Å². The molecule has 0 fully saturated rings. The standard InChI is InChI=1S/C15H12ClF3N4OS/c1-24-14-7(5-12(18)19)4-10(17)13(20-14)23-25-15-9-3-2-8(16)6-11(9)21-22-15/h2-4,6,12H,5H2,1H3,(H,20,23)(H,21,22). The third-order valence-corrected chi connectivity index (χ3v) is 4.35. The van der Waals surface area contributed by atoms with E-state index in [1.54, 1.807) is 18.2 Å². The van der Waals surface area contributed by atoms with Gasteiger partial charge in [-0.05, 0) is 24.3 Å². The summed E-state index contributed by atoms with van der Waals surface area (Å²) in [5, 5.41) is 8.85. The maximum Gasteiger partial charge on any atom is 0.242 e. The SMILES string of the molecule is COc1nc(NSc2n[nH]c3cc(Cl)ccc23)c(F)cc1CC(F)F. The maximum absolute atomic E-state index is 14.1. The summed E-state index contributed by atoms with van der Waals surface area (Å²) in [4.78, 5) is 3.92. The Kier molecular flexibility index (Phi) is 5.24. The highest BCUT2D eigenvalue weighted by Crippen LogP contribution is 2.30. The number of alkyl halides is 2. The van der Waals surface area contributed by atoms with E-state index in [1.807, 2.05) is 0 Å². The maximum atomic E-state index is 14.1. The summed E-state index contributed by atoms with van der Waals surface area (Å²) in [7, 11) is 1.29. The van der Waals surface area contributed by atoms with Crippen molar-refractivity contribution in [1.29, 1.82) is 0 Å². The number of benzene rings is 1. The molecule has 25 heavy (non-hydrogen) atoms. The molecule has 2 aromatic heterocycles. The van der Waals surface area contributed by atoms with Crippen molar-refractivity contribution >= 4 is 40.3 Å². The van der Waals surface area contributed by atoms with Crippen molar-refractivity contribution in [3.05, 3.63) is 40.7 Å². The summed E-state index contributed by atoms with van der Waals surface area (Å²) in [6, 6.07) is 6.20. The Labute approximate surface area is 150 Å². The molecule has 0 atom stereocenters. The predicted octanol–water partition coefficient (Wildman–Crippen LogP) is 4.69. The van der Waals surface area contributed by atoms with Gasteiger partial charge >= 0.3 is 0 Å². The van der Waals surface area contributed by atoms with Gasteiger partial charge < -0.3 is 9.46 Å². The van der Waals surface area contributed by atoms with Crippen LogP contribution >= 0.6 is 23.5 Å². The van der Waals surface area contributed by atoms with Crippen LogP contribution in [-0.2, 0) is 6.42 Å². The van der Waals surface area contributed by atoms with E-state index < -0.39 is 18.7 Å². The molecule has 0 aliphatic carbocycles. The van der Waals surface area contributed by atoms with E-state index in [-0.39, 0.29) is 17.3 Å². The molecule has 1 aromatic carbocycles. The minimum Gasteiger partial charge on any atom is -0.481 e. The lowest BCUT2D eigenvalue weighted by molar-refractivity contribution is 0.147. The Bertz CT molecular complexity index is 906. The van der Waals surface area contributed by atoms with Gasteiger partial charge in [0.1, 0.15) is 5.03 Å². The molecule has 0 aliphatic rings. The number of halogens is 4. The van der Waals surface area contributed by atoms with Crippen LogP contribution in [0.2, 0.25) is 5.02 Å². The molecule has 10 heteroatoms. The molecular formula is C15H12ClF3N4OS. The topological polar surface area (TPSA) is 62.8 Å². The van der Waals surface area contributed by atoms with Crippen molar-refractivity contribution in [1.82, 2.24) is 15.2 Å². The first-order valence-corrected chi connectivity index (χ1v) is 8.25. The molecule has 0 amide bonds. The number of rotatable bonds is 6. The van der Waals surface area contributed by atoms with E-state index in [1.165, 1.54) is 7.11 Å². The number of H-pyrrole nitrogens is 1. The zero-order chi connectivity index (χ0) is 18.0. The van der Waals surface area contributed by atoms with Gasteiger partial charge in [-0.15, -0.1) is 0 Å². The van der Waals surface area contributed by atoms with Crippen LogP contribution in [0.1, 0.15) is 5.56 Å². The molecule has 3 rings (SSSR count). The Morgan fingerprint density at radius 2 is 2.16 bits per heavy atom. The van der Waals surface area contributed by atoms with Crippen molar-refractivity contribution in [2.75, 3.05) is 11.8 Å². The highest BCUT2D eigenvalue weighted by Gasteiger charge is 2.17. The fourth-order valence-corrected chi connectivity index (χ4v) is 3.10. The van der Waals surface area contributed by atoms with Crippen LogP contribution < -0.4 is 9.46 Å². The van der Waals surface area contributed by atoms with Gasteiger partial charge in [0.05, 0.1) is 12.6 Å². The Hall–Kier alpha value is -2.13. The first-order chi connectivity index (χ1) is 12.0. The number of pyridine rings is 1. The number of aromatic nitrogens is 3. The first kappa shape index (κ1) is 17.7. The zero-order valence-corrected chi connectivity index (χ0v) is 14.4. The third kappa shape index (κ3) is 3.93. The minimum atomic E-state index is -2.62. The Balaban J connectivity index is 1.82. The molecule has 132 valence electrons. The molecule has 0 radical (unpaired) electrons. The van der Waals surface area contributed by atoms with Gasteiger partial charge in [0.15, 0.2) is 11.6 Å². The average molecular weight is 389 g/mol. The smallest absolute Gasteiger partial charge is 0.242 e. The highest BCUT2D eigenvalue weighted by atomic mass is 35.5. The van der Waals surface area contributed by atoms with Gasteiger partial charge in [-0.2, -0.15) is 10.1 Å². The number of nitrogens with zero attached hydrogens (tertiary/aromatic N) is 2. The van der Waals surface area contributed by atoms with Crippen molar-refractivity contribution in [3.8, 4) is 5.88 Å². The van der Waals surface area contributed by atoms with Crippen LogP contribution in [0.4, 0.5) is 19.0 Å². The second-order valence-corrected chi connectivity index (χ2v) is 6.24. The summed E-state index contributed by atoms with van der Waals surface area (Å²) < 4.78 is 46.9. The number of methoxy groups -OCH3 is 1. The number of nitrogens with one attached hydrogen (secondary N) is 2. The zero-order valence-electron chi connectivity index (χ0n) is 12.8. The molecule has 3 aromatic rings. The van der Waals surface area contributed by atoms with Gasteiger partial charge in [-0.1, -0.05) is 11.6 Å². The summed E-state index contributed by atoms with van der Waals surface area (Å²) in [6.45, 7) is 0. The summed E-state index contributed by atoms with van der Waals surface area (Å²) in [5.41, 5.74) is 0.737. The minimum absolute atomic E-state index is 0.00501. The lowest BCUT2D eigenvalue weighted by Crippen LogP contribution is -2.05. The monoisotopic (exact) mass is 388 g/mol. The molecule has 0 saturated carbocycles. The molecule has 0 unspecified atom stereocenters. The second-order valence-electron chi connectivity index (χ2n) is 5.01. The van der Waals surface area contributed by atoms with Gasteiger partial charge in [-0.25, -0.2) is 13.2 Å². The number of anilines is 1. The number of aromatic amines is 1. The quantitative estimate of drug-likeness (QED) is 0.600. The fraction of sp³-hybridized carbons (Fsp3) is 0.200. The van der Waals surface area contributed by atoms with Gasteiger partial charge in [0.25, 0.3) is 0 Å². The summed E-state index contributed by atoms with van der Waals surface area (Å²) in [5.74, 6) is -0.944. The van der Waals surface area contributed by atoms with Crippen molar-refractivity contribution < 1.29 is 17.9 Å². The molecule has 0 spiro atoms. The van der Waals surface area contributed by atoms with Gasteiger partial charge in [0, 0.05) is 34.3 Å².